The number of aryl methyl sites for hydroxylation is 2. The first-order valence-electron chi connectivity index (χ1n) is 37.6. The number of methoxy groups -OCH3 is 1. The molecule has 0 saturated carbocycles. The first-order chi connectivity index (χ1) is 51.4. The number of aromatic nitrogens is 4. The maximum absolute atomic E-state index is 11.7. The van der Waals surface area contributed by atoms with Crippen LogP contribution in [0.2, 0.25) is 0 Å². The van der Waals surface area contributed by atoms with Crippen LogP contribution < -0.4 is 68.7 Å². The third-order valence-corrected chi connectivity index (χ3v) is 16.7. The third kappa shape index (κ3) is 49.7. The van der Waals surface area contributed by atoms with Crippen molar-refractivity contribution in [2.75, 3.05) is 47.0 Å². The second-order valence-electron chi connectivity index (χ2n) is 28.2. The number of imidazole rings is 1. The maximum Gasteiger partial charge on any atom is 0.323 e. The highest BCUT2D eigenvalue weighted by atomic mass is 16.5. The van der Waals surface area contributed by atoms with E-state index in [2.05, 4.69) is 25.0 Å². The summed E-state index contributed by atoms with van der Waals surface area (Å²) in [5, 5.41) is 6.31. The molecule has 0 radical (unpaired) electrons. The highest BCUT2D eigenvalue weighted by Gasteiger charge is 2.27. The Bertz CT molecular complexity index is 3090. The number of ketones is 3. The van der Waals surface area contributed by atoms with Crippen LogP contribution in [-0.2, 0) is 77.4 Å². The number of Topliss-reactive ketones (excluding diaryl/α,β-unsaturated/α-hetero) is 3. The van der Waals surface area contributed by atoms with E-state index in [0.717, 1.165) is 62.3 Å². The van der Waals surface area contributed by atoms with Gasteiger partial charge in [-0.15, -0.1) is 0 Å². The molecule has 626 valence electrons. The number of nitrogens with one attached hydrogen (secondary N) is 1. The zero-order chi connectivity index (χ0) is 85.5. The van der Waals surface area contributed by atoms with E-state index in [1.807, 2.05) is 164 Å². The average Bonchev–Trinajstić information content (AvgIpc) is 1.18. The van der Waals surface area contributed by atoms with E-state index in [-0.39, 0.29) is 143 Å². The fourth-order valence-electron chi connectivity index (χ4n) is 8.44. The quantitative estimate of drug-likeness (QED) is 0.0158. The molecule has 110 heavy (non-hydrogen) atoms. The van der Waals surface area contributed by atoms with E-state index < -0.39 is 18.1 Å². The summed E-state index contributed by atoms with van der Waals surface area (Å²) in [6, 6.07) is 14.5. The number of rotatable bonds is 23. The van der Waals surface area contributed by atoms with Gasteiger partial charge in [0.15, 0.2) is 5.78 Å². The minimum atomic E-state index is -0.477. The van der Waals surface area contributed by atoms with E-state index in [9.17, 15) is 47.9 Å². The number of carbonyl (C=O) groups is 10. The Hall–Kier alpha value is -8.41. The molecule has 9 atom stereocenters. The summed E-state index contributed by atoms with van der Waals surface area (Å²) in [5.41, 5.74) is 47.2. The molecule has 4 aromatic rings. The summed E-state index contributed by atoms with van der Waals surface area (Å²) in [6.07, 6.45) is 15.6. The van der Waals surface area contributed by atoms with Crippen molar-refractivity contribution in [2.45, 2.75) is 218 Å². The molecule has 3 aliphatic rings. The van der Waals surface area contributed by atoms with E-state index in [1.165, 1.54) is 22.1 Å². The van der Waals surface area contributed by atoms with Crippen LogP contribution in [0.3, 0.4) is 0 Å². The summed E-state index contributed by atoms with van der Waals surface area (Å²) in [5.74, 6) is 17.1. The molecule has 0 bridgehead atoms. The molecule has 2 unspecified atom stereocenters. The van der Waals surface area contributed by atoms with Crippen molar-refractivity contribution < 1.29 is 62.2 Å². The molecule has 32 heteroatoms. The Labute approximate surface area is 655 Å². The third-order valence-electron chi connectivity index (χ3n) is 16.7. The van der Waals surface area contributed by atoms with E-state index >= 15 is 0 Å². The first kappa shape index (κ1) is 108. The molecule has 4 amide bonds. The fraction of sp³-hybridized carbons (Fsp3) is 0.628. The zero-order valence-corrected chi connectivity index (χ0v) is 69.5. The van der Waals surface area contributed by atoms with Crippen LogP contribution in [0.25, 0.3) is 0 Å². The van der Waals surface area contributed by atoms with Crippen LogP contribution >= 0.6 is 0 Å². The maximum atomic E-state index is 11.7. The normalized spacial score (nSPS) is 15.7. The van der Waals surface area contributed by atoms with Crippen molar-refractivity contribution in [1.82, 2.24) is 39.9 Å². The number of hydrogen-bond donors (Lipinski definition) is 12. The van der Waals surface area contributed by atoms with Crippen molar-refractivity contribution in [3.05, 3.63) is 114 Å². The predicted octanol–water partition coefficient (Wildman–Crippen LogP) is 4.61. The molecule has 0 aliphatic carbocycles. The lowest BCUT2D eigenvalue weighted by atomic mass is 9.96. The fourth-order valence-corrected chi connectivity index (χ4v) is 8.44. The van der Waals surface area contributed by atoms with Crippen LogP contribution in [0.4, 0.5) is 0 Å². The Morgan fingerprint density at radius 2 is 1.00 bits per heavy atom. The van der Waals surface area contributed by atoms with Gasteiger partial charge in [-0.1, -0.05) is 139 Å². The van der Waals surface area contributed by atoms with Gasteiger partial charge in [0.2, 0.25) is 23.6 Å². The summed E-state index contributed by atoms with van der Waals surface area (Å²) in [6.45, 7) is 35.7. The van der Waals surface area contributed by atoms with Crippen molar-refractivity contribution in [3.8, 4) is 0 Å². The second kappa shape index (κ2) is 62.3. The van der Waals surface area contributed by atoms with Crippen molar-refractivity contribution in [2.24, 2.45) is 118 Å². The van der Waals surface area contributed by atoms with Gasteiger partial charge < -0.3 is 70.0 Å². The van der Waals surface area contributed by atoms with Crippen molar-refractivity contribution >= 4 is 58.9 Å². The lowest BCUT2D eigenvalue weighted by Gasteiger charge is -2.13. The van der Waals surface area contributed by atoms with Gasteiger partial charge in [-0.25, -0.2) is 22.5 Å². The van der Waals surface area contributed by atoms with Crippen molar-refractivity contribution in [3.63, 3.8) is 0 Å². The van der Waals surface area contributed by atoms with E-state index in [4.69, 9.17) is 72.9 Å². The molecule has 3 aromatic heterocycles. The number of amides is 4. The van der Waals surface area contributed by atoms with Gasteiger partial charge in [0.1, 0.15) is 29.5 Å². The van der Waals surface area contributed by atoms with Gasteiger partial charge in [-0.3, -0.25) is 72.9 Å². The molecule has 32 nitrogen and oxygen atoms in total. The zero-order valence-electron chi connectivity index (χ0n) is 69.5. The summed E-state index contributed by atoms with van der Waals surface area (Å²) in [7, 11) is 4.85. The number of hydrazine groups is 3. The molecule has 3 fully saturated rings. The highest BCUT2D eigenvalue weighted by Crippen LogP contribution is 2.15. The molecular formula is C78H141N19O13. The van der Waals surface area contributed by atoms with Crippen LogP contribution in [-0.4, -0.2) is 177 Å². The number of pyridine rings is 2. The Balaban J connectivity index is -0.000000566. The molecule has 0 spiro atoms. The highest BCUT2D eigenvalue weighted by molar-refractivity contribution is 6.00. The summed E-state index contributed by atoms with van der Waals surface area (Å²) in [4.78, 5) is 121. The van der Waals surface area contributed by atoms with Gasteiger partial charge in [0, 0.05) is 114 Å². The number of ether oxygens (including phenoxy) is 3. The molecule has 23 N–H and O–H groups in total. The monoisotopic (exact) mass is 1550 g/mol. The molecule has 6 heterocycles. The Morgan fingerprint density at radius 1 is 0.545 bits per heavy atom. The Morgan fingerprint density at radius 3 is 1.27 bits per heavy atom. The standard InChI is InChI=1S/C12H18N2O.C11H15NO.C10H19NO3.C7H10N2.C7H15NO2.C6H14N2O.C6H13NO2.C5H9N3.2C5H10N2O.C4H8N2O/c1-9(2)12(13)11(15)6-5-10-4-3-7-14-8-10;1-8(2)10(12)11(13)9-6-4-3-5-7-9;1-4-14-9(13)6-5-8(12)10(11)7(2)3;1-6(8)7-3-2-4-9-5-7;1-4-10-7(9)6(8)5(2)3;1-4(2)5(7)6(9)8-3;1-4(2)5(7)6(8)9-3;1-8-3-2-7-5(8)4-6;2*1-4-2-3-7(6)5(4)8;5-6-3-1-2-4(6)7/h3-4,7-9,12H,5-6,13H2,1-2H3;3-8,10H,12H2,1-2H3;7,10H,4-6,11H2,1-3H3;2-6H,8H2,1H3;5-6H,4,8H2,1-3H3;4-5H,7H2,1-3H3,(H,8,9);4-5H,7H2,1-3H3;2-3H,4,6H2,1H3;2*4H,2-3,6H2,1H3;1-3,5H2/t12-;2*10-;;6-;5-;;;2*4-;/m010.00..10./s1. The molecule has 3 saturated heterocycles. The molecule has 7 rings (SSSR count). The lowest BCUT2D eigenvalue weighted by Crippen LogP contribution is -2.42. The summed E-state index contributed by atoms with van der Waals surface area (Å²) >= 11 is 0. The minimum Gasteiger partial charge on any atom is -0.468 e. The van der Waals surface area contributed by atoms with Crippen LogP contribution in [0, 0.1) is 47.3 Å². The lowest BCUT2D eigenvalue weighted by molar-refractivity contribution is -0.146. The number of hydrogen-bond acceptors (Lipinski definition) is 27. The number of esters is 3. The molecule has 1 aromatic carbocycles. The summed E-state index contributed by atoms with van der Waals surface area (Å²) < 4.78 is 15.7. The van der Waals surface area contributed by atoms with Crippen molar-refractivity contribution in [1.29, 1.82) is 0 Å². The molecule has 3 aliphatic heterocycles. The average molecular weight is 1550 g/mol. The largest absolute Gasteiger partial charge is 0.468 e. The number of nitrogens with two attached hydrogens (primary N) is 11. The number of nitrogens with zero attached hydrogens (tertiary/aromatic N) is 7. The number of carbonyl (C=O) groups excluding carboxylic acids is 10. The number of likely N-dealkylation sites (N-methyl/N-ethyl adjacent to an activating group) is 1. The van der Waals surface area contributed by atoms with E-state index in [0.29, 0.717) is 38.2 Å². The minimum absolute atomic E-state index is 0.0237. The van der Waals surface area contributed by atoms with Gasteiger partial charge >= 0.3 is 17.9 Å². The van der Waals surface area contributed by atoms with Crippen LogP contribution in [0.1, 0.15) is 196 Å². The first-order valence-corrected chi connectivity index (χ1v) is 37.6. The topological polar surface area (TPSA) is 550 Å². The van der Waals surface area contributed by atoms with E-state index in [1.54, 1.807) is 64.0 Å². The van der Waals surface area contributed by atoms with Crippen LogP contribution in [0.5, 0.6) is 0 Å². The van der Waals surface area contributed by atoms with Gasteiger partial charge in [-0.2, -0.15) is 0 Å². The predicted molar refractivity (Wildman–Crippen MR) is 431 cm³/mol. The number of benzene rings is 1. The van der Waals surface area contributed by atoms with Gasteiger partial charge in [0.05, 0.1) is 57.5 Å². The van der Waals surface area contributed by atoms with Gasteiger partial charge in [0.25, 0.3) is 0 Å². The second-order valence-corrected chi connectivity index (χ2v) is 28.2. The van der Waals surface area contributed by atoms with Gasteiger partial charge in [-0.05, 0) is 105 Å². The molecular weight excluding hydrogens is 1410 g/mol. The smallest absolute Gasteiger partial charge is 0.323 e. The van der Waals surface area contributed by atoms with Crippen LogP contribution in [0.15, 0.2) is 91.8 Å². The SMILES string of the molecule is CC(C)[C@@H](N)C(=O)c1ccccc1.CC(C)[C@H](N)C(=O)CCc1cccnc1.CC(N)c1cccnc1.CCOC(=O)CCC(=O)[C@@H](N)C(C)C.CCOC(=O)[C@@H](N)C(C)C.CNC(=O)[C@@H](N)C(C)C.COC(=O)C(N)C(C)C.C[C@@H]1CCN(N)C1=O.C[C@H]1CCN(N)C1=O.Cn1ccnc1CN.NN1CCCC1=O. The Kier molecular flexibility index (Phi) is 61.1.